The van der Waals surface area contributed by atoms with Gasteiger partial charge in [-0.1, -0.05) is 19.1 Å². The maximum atomic E-state index is 12.2. The summed E-state index contributed by atoms with van der Waals surface area (Å²) in [6.45, 7) is 7.96. The van der Waals surface area contributed by atoms with Crippen LogP contribution in [0.2, 0.25) is 0 Å². The molecule has 0 bridgehead atoms. The number of carbonyl (C=O) groups is 2. The van der Waals surface area contributed by atoms with Crippen molar-refractivity contribution in [2.75, 3.05) is 13.1 Å². The minimum atomic E-state index is 0.0665. The number of benzene rings is 1. The summed E-state index contributed by atoms with van der Waals surface area (Å²) in [6.07, 6.45) is 2.81. The van der Waals surface area contributed by atoms with Gasteiger partial charge < -0.3 is 4.90 Å². The van der Waals surface area contributed by atoms with E-state index in [0.717, 1.165) is 37.1 Å². The summed E-state index contributed by atoms with van der Waals surface area (Å²) in [5, 5.41) is 0. The van der Waals surface area contributed by atoms with Crippen molar-refractivity contribution in [3.8, 4) is 0 Å². The number of rotatable bonds is 4. The molecule has 0 N–H and O–H groups in total. The topological polar surface area (TPSA) is 37.4 Å². The third-order valence-electron chi connectivity index (χ3n) is 4.53. The lowest BCUT2D eigenvalue weighted by atomic mass is 9.98. The number of likely N-dealkylation sites (tertiary alicyclic amines) is 1. The van der Waals surface area contributed by atoms with E-state index >= 15 is 0 Å². The average molecular weight is 287 g/mol. The fourth-order valence-corrected chi connectivity index (χ4v) is 2.70. The van der Waals surface area contributed by atoms with Gasteiger partial charge in [0.2, 0.25) is 5.91 Å². The van der Waals surface area contributed by atoms with Crippen LogP contribution in [-0.4, -0.2) is 29.7 Å². The highest BCUT2D eigenvalue weighted by Gasteiger charge is 2.20. The SMILES string of the molecule is Cc1ccc(C(=O)CCC(=O)N2CCC(C)CC2)cc1C. The Balaban J connectivity index is 1.86. The lowest BCUT2D eigenvalue weighted by molar-refractivity contribution is -0.132. The van der Waals surface area contributed by atoms with E-state index in [0.29, 0.717) is 18.8 Å². The Kier molecular flexibility index (Phi) is 5.16. The molecule has 0 spiro atoms. The zero-order chi connectivity index (χ0) is 15.4. The van der Waals surface area contributed by atoms with Gasteiger partial charge in [0.1, 0.15) is 0 Å². The molecule has 3 heteroatoms. The van der Waals surface area contributed by atoms with Gasteiger partial charge >= 0.3 is 0 Å². The molecule has 3 nitrogen and oxygen atoms in total. The summed E-state index contributed by atoms with van der Waals surface area (Å²) in [5.74, 6) is 0.905. The van der Waals surface area contributed by atoms with Gasteiger partial charge in [0.25, 0.3) is 0 Å². The second-order valence-electron chi connectivity index (χ2n) is 6.29. The number of nitrogens with zero attached hydrogens (tertiary/aromatic N) is 1. The number of Topliss-reactive ketones (excluding diaryl/α,β-unsaturated/α-hetero) is 1. The smallest absolute Gasteiger partial charge is 0.223 e. The highest BCUT2D eigenvalue weighted by molar-refractivity contribution is 5.98. The summed E-state index contributed by atoms with van der Waals surface area (Å²) in [4.78, 5) is 26.2. The Hall–Kier alpha value is -1.64. The molecule has 21 heavy (non-hydrogen) atoms. The first-order valence-corrected chi connectivity index (χ1v) is 7.85. The monoisotopic (exact) mass is 287 g/mol. The van der Waals surface area contributed by atoms with E-state index in [1.54, 1.807) is 0 Å². The van der Waals surface area contributed by atoms with Gasteiger partial charge in [0, 0.05) is 31.5 Å². The lowest BCUT2D eigenvalue weighted by Gasteiger charge is -2.30. The second kappa shape index (κ2) is 6.88. The predicted octanol–water partition coefficient (Wildman–Crippen LogP) is 3.52. The van der Waals surface area contributed by atoms with Crippen LogP contribution in [0.15, 0.2) is 18.2 Å². The van der Waals surface area contributed by atoms with Crippen LogP contribution >= 0.6 is 0 Å². The van der Waals surface area contributed by atoms with Gasteiger partial charge in [-0.15, -0.1) is 0 Å². The summed E-state index contributed by atoms with van der Waals surface area (Å²) in [6, 6.07) is 5.75. The van der Waals surface area contributed by atoms with Crippen LogP contribution in [0.3, 0.4) is 0 Å². The minimum Gasteiger partial charge on any atom is -0.343 e. The van der Waals surface area contributed by atoms with Crippen molar-refractivity contribution in [2.24, 2.45) is 5.92 Å². The number of hydrogen-bond donors (Lipinski definition) is 0. The van der Waals surface area contributed by atoms with Crippen molar-refractivity contribution in [1.82, 2.24) is 4.90 Å². The molecule has 0 saturated carbocycles. The van der Waals surface area contributed by atoms with Gasteiger partial charge in [0.15, 0.2) is 5.78 Å². The molecule has 1 saturated heterocycles. The Labute approximate surface area is 127 Å². The van der Waals surface area contributed by atoms with E-state index in [1.165, 1.54) is 5.56 Å². The van der Waals surface area contributed by atoms with Crippen LogP contribution in [0.5, 0.6) is 0 Å². The zero-order valence-corrected chi connectivity index (χ0v) is 13.3. The first kappa shape index (κ1) is 15.7. The highest BCUT2D eigenvalue weighted by atomic mass is 16.2. The van der Waals surface area contributed by atoms with Gasteiger partial charge in [-0.2, -0.15) is 0 Å². The molecule has 0 aromatic heterocycles. The maximum Gasteiger partial charge on any atom is 0.223 e. The normalized spacial score (nSPS) is 16.0. The molecule has 2 rings (SSSR count). The highest BCUT2D eigenvalue weighted by Crippen LogP contribution is 2.18. The largest absolute Gasteiger partial charge is 0.343 e. The van der Waals surface area contributed by atoms with E-state index < -0.39 is 0 Å². The molecule has 1 aromatic carbocycles. The van der Waals surface area contributed by atoms with Crippen LogP contribution in [0.4, 0.5) is 0 Å². The van der Waals surface area contributed by atoms with Crippen LogP contribution < -0.4 is 0 Å². The molecule has 0 aliphatic carbocycles. The molecule has 1 aromatic rings. The first-order valence-electron chi connectivity index (χ1n) is 7.85. The fourth-order valence-electron chi connectivity index (χ4n) is 2.70. The quantitative estimate of drug-likeness (QED) is 0.795. The Morgan fingerprint density at radius 3 is 2.38 bits per heavy atom. The third kappa shape index (κ3) is 4.16. The first-order chi connectivity index (χ1) is 9.97. The second-order valence-corrected chi connectivity index (χ2v) is 6.29. The van der Waals surface area contributed by atoms with Gasteiger partial charge in [0.05, 0.1) is 0 Å². The number of amides is 1. The van der Waals surface area contributed by atoms with Crippen molar-refractivity contribution < 1.29 is 9.59 Å². The molecule has 114 valence electrons. The lowest BCUT2D eigenvalue weighted by Crippen LogP contribution is -2.38. The molecule has 1 fully saturated rings. The molecule has 0 unspecified atom stereocenters. The van der Waals surface area contributed by atoms with E-state index in [-0.39, 0.29) is 11.7 Å². The van der Waals surface area contributed by atoms with E-state index in [1.807, 2.05) is 36.9 Å². The Morgan fingerprint density at radius 2 is 1.76 bits per heavy atom. The van der Waals surface area contributed by atoms with Crippen LogP contribution in [0.25, 0.3) is 0 Å². The van der Waals surface area contributed by atoms with Crippen molar-refractivity contribution in [3.63, 3.8) is 0 Å². The van der Waals surface area contributed by atoms with Crippen molar-refractivity contribution in [2.45, 2.75) is 46.5 Å². The zero-order valence-electron chi connectivity index (χ0n) is 13.3. The van der Waals surface area contributed by atoms with Crippen LogP contribution in [0, 0.1) is 19.8 Å². The van der Waals surface area contributed by atoms with Crippen molar-refractivity contribution >= 4 is 11.7 Å². The van der Waals surface area contributed by atoms with Gasteiger partial charge in [-0.3, -0.25) is 9.59 Å². The Bertz CT molecular complexity index is 528. The molecule has 1 aliphatic rings. The maximum absolute atomic E-state index is 12.2. The fraction of sp³-hybridized carbons (Fsp3) is 0.556. The third-order valence-corrected chi connectivity index (χ3v) is 4.53. The number of ketones is 1. The van der Waals surface area contributed by atoms with E-state index in [9.17, 15) is 9.59 Å². The predicted molar refractivity (Wildman–Crippen MR) is 84.5 cm³/mol. The number of carbonyl (C=O) groups excluding carboxylic acids is 2. The van der Waals surface area contributed by atoms with Crippen LogP contribution in [0.1, 0.15) is 54.1 Å². The molecule has 1 heterocycles. The summed E-state index contributed by atoms with van der Waals surface area (Å²) in [7, 11) is 0. The standard InChI is InChI=1S/C18H25NO2/c1-13-8-10-19(11-9-13)18(21)7-6-17(20)16-5-4-14(2)15(3)12-16/h4-5,12-13H,6-11H2,1-3H3. The number of piperidine rings is 1. The minimum absolute atomic E-state index is 0.0665. The summed E-state index contributed by atoms with van der Waals surface area (Å²) >= 11 is 0. The molecule has 0 atom stereocenters. The van der Waals surface area contributed by atoms with Gasteiger partial charge in [-0.05, 0) is 49.8 Å². The Morgan fingerprint density at radius 1 is 1.10 bits per heavy atom. The molecular formula is C18H25NO2. The number of hydrogen-bond acceptors (Lipinski definition) is 2. The van der Waals surface area contributed by atoms with Crippen molar-refractivity contribution in [1.29, 1.82) is 0 Å². The van der Waals surface area contributed by atoms with E-state index in [4.69, 9.17) is 0 Å². The molecule has 1 amide bonds. The van der Waals surface area contributed by atoms with Gasteiger partial charge in [-0.25, -0.2) is 0 Å². The molecule has 0 radical (unpaired) electrons. The molecule has 1 aliphatic heterocycles. The van der Waals surface area contributed by atoms with Crippen molar-refractivity contribution in [3.05, 3.63) is 34.9 Å². The van der Waals surface area contributed by atoms with E-state index in [2.05, 4.69) is 6.92 Å². The molecular weight excluding hydrogens is 262 g/mol. The average Bonchev–Trinajstić information content (AvgIpc) is 2.48. The van der Waals surface area contributed by atoms with Crippen LogP contribution in [-0.2, 0) is 4.79 Å². The summed E-state index contributed by atoms with van der Waals surface area (Å²) < 4.78 is 0. The summed E-state index contributed by atoms with van der Waals surface area (Å²) in [5.41, 5.74) is 3.03. The number of aryl methyl sites for hydroxylation is 2.